The maximum Gasteiger partial charge on any atom is 0.412 e. The Morgan fingerprint density at radius 3 is 2.03 bits per heavy atom. The molecule has 3 amide bonds. The zero-order chi connectivity index (χ0) is 26.1. The van der Waals surface area contributed by atoms with Gasteiger partial charge < -0.3 is 34.2 Å². The molecule has 3 aromatic rings. The molecule has 0 saturated carbocycles. The number of aromatic carboxylic acids is 1. The molecule has 0 aliphatic rings. The third-order valence-electron chi connectivity index (χ3n) is 5.14. The van der Waals surface area contributed by atoms with Gasteiger partial charge in [0.25, 0.3) is 0 Å². The van der Waals surface area contributed by atoms with E-state index in [2.05, 4.69) is 16.0 Å². The number of nitrogens with one attached hydrogen (secondary N) is 3. The van der Waals surface area contributed by atoms with Gasteiger partial charge in [-0.2, -0.15) is 0 Å². The monoisotopic (exact) mass is 484 g/mol. The predicted octanol–water partition coefficient (Wildman–Crippen LogP) is 3.22. The van der Waals surface area contributed by atoms with Gasteiger partial charge in [0.1, 0.15) is 11.3 Å². The van der Waals surface area contributed by atoms with Gasteiger partial charge in [-0.15, -0.1) is 0 Å². The summed E-state index contributed by atoms with van der Waals surface area (Å²) >= 11 is 0. The standard InChI is InChI=1S/C23H28N6O6/c1-23(2,3)35-22(34)26-13-7-16(27(4)8-13)17-14(24-11-30)9-28(5)19(17)18-15(25-12-31)10-29(6)20(18)21(32)33/h7-12H,1-6H3,(H,24,30)(H,25,31)(H,26,34)(H,32,33). The Labute approximate surface area is 201 Å². The van der Waals surface area contributed by atoms with Gasteiger partial charge in [0.05, 0.1) is 34.0 Å². The van der Waals surface area contributed by atoms with Crippen molar-refractivity contribution in [2.45, 2.75) is 26.4 Å². The third-order valence-corrected chi connectivity index (χ3v) is 5.14. The average Bonchev–Trinajstić information content (AvgIpc) is 3.33. The van der Waals surface area contributed by atoms with Gasteiger partial charge in [0.15, 0.2) is 0 Å². The number of carbonyl (C=O) groups excluding carboxylic acids is 3. The minimum atomic E-state index is -1.20. The lowest BCUT2D eigenvalue weighted by molar-refractivity contribution is -0.106. The summed E-state index contributed by atoms with van der Waals surface area (Å²) in [4.78, 5) is 47.1. The molecule has 4 N–H and O–H groups in total. The lowest BCUT2D eigenvalue weighted by Crippen LogP contribution is -2.27. The van der Waals surface area contributed by atoms with Crippen molar-refractivity contribution >= 4 is 41.9 Å². The largest absolute Gasteiger partial charge is 0.477 e. The van der Waals surface area contributed by atoms with Crippen LogP contribution in [0, 0.1) is 0 Å². The minimum absolute atomic E-state index is 0.0595. The maximum absolute atomic E-state index is 12.3. The highest BCUT2D eigenvalue weighted by Crippen LogP contribution is 2.44. The first kappa shape index (κ1) is 25.1. The normalized spacial score (nSPS) is 11.1. The average molecular weight is 485 g/mol. The molecule has 0 aliphatic carbocycles. The second-order valence-corrected chi connectivity index (χ2v) is 8.94. The van der Waals surface area contributed by atoms with Crippen molar-refractivity contribution in [1.82, 2.24) is 13.7 Å². The third kappa shape index (κ3) is 5.05. The van der Waals surface area contributed by atoms with Crippen molar-refractivity contribution < 1.29 is 29.0 Å². The molecule has 3 aromatic heterocycles. The van der Waals surface area contributed by atoms with Crippen LogP contribution >= 0.6 is 0 Å². The number of carboxylic acids is 1. The second-order valence-electron chi connectivity index (χ2n) is 8.94. The molecule has 0 radical (unpaired) electrons. The van der Waals surface area contributed by atoms with Crippen LogP contribution in [0.4, 0.5) is 21.9 Å². The quantitative estimate of drug-likeness (QED) is 0.361. The summed E-state index contributed by atoms with van der Waals surface area (Å²) in [5.74, 6) is -1.20. The van der Waals surface area contributed by atoms with Gasteiger partial charge in [0.2, 0.25) is 12.8 Å². The topological polar surface area (TPSA) is 149 Å². The summed E-state index contributed by atoms with van der Waals surface area (Å²) < 4.78 is 10.1. The van der Waals surface area contributed by atoms with E-state index in [1.54, 1.807) is 69.5 Å². The number of anilines is 3. The predicted molar refractivity (Wildman–Crippen MR) is 130 cm³/mol. The molecular formula is C23H28N6O6. The Hall–Kier alpha value is -4.48. The number of aryl methyl sites for hydroxylation is 3. The molecule has 12 heteroatoms. The summed E-state index contributed by atoms with van der Waals surface area (Å²) in [6.07, 6.45) is 5.13. The van der Waals surface area contributed by atoms with E-state index in [1.165, 1.54) is 10.8 Å². The zero-order valence-corrected chi connectivity index (χ0v) is 20.3. The maximum atomic E-state index is 12.3. The Bertz CT molecular complexity index is 1310. The molecule has 0 spiro atoms. The van der Waals surface area contributed by atoms with Crippen molar-refractivity contribution in [2.24, 2.45) is 21.1 Å². The lowest BCUT2D eigenvalue weighted by atomic mass is 10.0. The van der Waals surface area contributed by atoms with Crippen LogP contribution in [0.2, 0.25) is 0 Å². The van der Waals surface area contributed by atoms with Gasteiger partial charge >= 0.3 is 12.1 Å². The number of carbonyl (C=O) groups is 4. The van der Waals surface area contributed by atoms with E-state index >= 15 is 0 Å². The number of hydrogen-bond donors (Lipinski definition) is 4. The van der Waals surface area contributed by atoms with Gasteiger partial charge in [-0.1, -0.05) is 0 Å². The van der Waals surface area contributed by atoms with E-state index in [4.69, 9.17) is 4.74 Å². The van der Waals surface area contributed by atoms with Crippen molar-refractivity contribution in [3.05, 3.63) is 30.4 Å². The summed E-state index contributed by atoms with van der Waals surface area (Å²) in [5, 5.41) is 17.8. The SMILES string of the molecule is Cn1cc(NC(=O)OC(C)(C)C)cc1-c1c(NC=O)cn(C)c1-c1c(NC=O)cn(C)c1C(=O)O. The van der Waals surface area contributed by atoms with E-state index < -0.39 is 17.7 Å². The van der Waals surface area contributed by atoms with Gasteiger partial charge in [0, 0.05) is 45.3 Å². The van der Waals surface area contributed by atoms with E-state index in [9.17, 15) is 24.3 Å². The molecule has 0 aromatic carbocycles. The number of aromatic nitrogens is 3. The highest BCUT2D eigenvalue weighted by molar-refractivity contribution is 6.06. The summed E-state index contributed by atoms with van der Waals surface area (Å²) in [6.45, 7) is 5.25. The zero-order valence-electron chi connectivity index (χ0n) is 20.3. The molecule has 0 atom stereocenters. The van der Waals surface area contributed by atoms with Crippen LogP contribution in [0.5, 0.6) is 0 Å². The van der Waals surface area contributed by atoms with Crippen LogP contribution in [0.25, 0.3) is 22.5 Å². The fraction of sp³-hybridized carbons (Fsp3) is 0.304. The summed E-state index contributed by atoms with van der Waals surface area (Å²) in [5.41, 5.74) is 2.11. The smallest absolute Gasteiger partial charge is 0.412 e. The van der Waals surface area contributed by atoms with E-state index in [0.717, 1.165) is 0 Å². The molecule has 12 nitrogen and oxygen atoms in total. The van der Waals surface area contributed by atoms with Crippen LogP contribution in [-0.2, 0) is 35.5 Å². The number of amides is 3. The summed E-state index contributed by atoms with van der Waals surface area (Å²) in [7, 11) is 4.99. The molecule has 186 valence electrons. The number of nitrogens with zero attached hydrogens (tertiary/aromatic N) is 3. The van der Waals surface area contributed by atoms with Crippen LogP contribution in [0.1, 0.15) is 31.3 Å². The number of hydrogen-bond acceptors (Lipinski definition) is 5. The first-order valence-corrected chi connectivity index (χ1v) is 10.6. The Balaban J connectivity index is 2.24. The molecule has 3 heterocycles. The van der Waals surface area contributed by atoms with Crippen LogP contribution in [0.15, 0.2) is 24.7 Å². The number of ether oxygens (including phenoxy) is 1. The van der Waals surface area contributed by atoms with Gasteiger partial charge in [-0.05, 0) is 26.8 Å². The molecule has 0 unspecified atom stereocenters. The van der Waals surface area contributed by atoms with Crippen LogP contribution < -0.4 is 16.0 Å². The molecule has 3 rings (SSSR count). The Morgan fingerprint density at radius 1 is 0.914 bits per heavy atom. The van der Waals surface area contributed by atoms with Crippen molar-refractivity contribution in [3.8, 4) is 22.5 Å². The highest BCUT2D eigenvalue weighted by atomic mass is 16.6. The molecule has 0 aliphatic heterocycles. The van der Waals surface area contributed by atoms with E-state index in [0.29, 0.717) is 41.1 Å². The van der Waals surface area contributed by atoms with Crippen molar-refractivity contribution in [2.75, 3.05) is 16.0 Å². The first-order valence-electron chi connectivity index (χ1n) is 10.6. The fourth-order valence-electron chi connectivity index (χ4n) is 3.96. The van der Waals surface area contributed by atoms with E-state index in [-0.39, 0.29) is 16.9 Å². The first-order chi connectivity index (χ1) is 16.4. The number of carboxylic acid groups (broad SMARTS) is 1. The molecule has 0 bridgehead atoms. The molecule has 0 fully saturated rings. The Morgan fingerprint density at radius 2 is 1.49 bits per heavy atom. The lowest BCUT2D eigenvalue weighted by Gasteiger charge is -2.19. The van der Waals surface area contributed by atoms with Crippen LogP contribution in [0.3, 0.4) is 0 Å². The van der Waals surface area contributed by atoms with Crippen molar-refractivity contribution in [1.29, 1.82) is 0 Å². The summed E-state index contributed by atoms with van der Waals surface area (Å²) in [6, 6.07) is 1.68. The second kappa shape index (κ2) is 9.41. The number of rotatable bonds is 8. The minimum Gasteiger partial charge on any atom is -0.477 e. The molecule has 0 saturated heterocycles. The van der Waals surface area contributed by atoms with Crippen molar-refractivity contribution in [3.63, 3.8) is 0 Å². The molecule has 35 heavy (non-hydrogen) atoms. The van der Waals surface area contributed by atoms with Gasteiger partial charge in [-0.3, -0.25) is 14.9 Å². The van der Waals surface area contributed by atoms with Gasteiger partial charge in [-0.25, -0.2) is 9.59 Å². The Kier molecular flexibility index (Phi) is 6.76. The van der Waals surface area contributed by atoms with E-state index in [1.807, 2.05) is 0 Å². The molecular weight excluding hydrogens is 456 g/mol. The fourth-order valence-corrected chi connectivity index (χ4v) is 3.96. The highest BCUT2D eigenvalue weighted by Gasteiger charge is 2.29. The van der Waals surface area contributed by atoms with Crippen LogP contribution in [-0.4, -0.2) is 49.3 Å².